The first-order chi connectivity index (χ1) is 9.16. The van der Waals surface area contributed by atoms with Gasteiger partial charge < -0.3 is 14.7 Å². The number of aliphatic hydroxyl groups is 1. The van der Waals surface area contributed by atoms with Crippen LogP contribution in [0.4, 0.5) is 0 Å². The Kier molecular flexibility index (Phi) is 3.78. The van der Waals surface area contributed by atoms with Crippen LogP contribution in [0.5, 0.6) is 0 Å². The lowest BCUT2D eigenvalue weighted by Crippen LogP contribution is -2.60. The molecule has 4 unspecified atom stereocenters. The van der Waals surface area contributed by atoms with E-state index < -0.39 is 6.10 Å². The Balaban J connectivity index is 1.62. The summed E-state index contributed by atoms with van der Waals surface area (Å²) in [5, 5.41) is 10.1. The van der Waals surface area contributed by atoms with Crippen molar-refractivity contribution in [2.75, 3.05) is 33.3 Å². The van der Waals surface area contributed by atoms with E-state index in [1.807, 2.05) is 7.05 Å². The first-order valence-corrected chi connectivity index (χ1v) is 7.45. The second kappa shape index (κ2) is 5.38. The van der Waals surface area contributed by atoms with Gasteiger partial charge in [-0.15, -0.1) is 0 Å². The molecule has 3 fully saturated rings. The lowest BCUT2D eigenvalue weighted by atomic mass is 9.80. The van der Waals surface area contributed by atoms with E-state index in [4.69, 9.17) is 4.74 Å². The zero-order valence-electron chi connectivity index (χ0n) is 11.6. The molecule has 0 aromatic rings. The van der Waals surface area contributed by atoms with E-state index in [2.05, 4.69) is 4.90 Å². The molecule has 5 heteroatoms. The van der Waals surface area contributed by atoms with Crippen molar-refractivity contribution in [1.82, 2.24) is 9.80 Å². The fourth-order valence-electron chi connectivity index (χ4n) is 3.44. The SMILES string of the molecule is CN(C(=O)C(O)C1CCC1)C1CCN2CCOC1C2. The quantitative estimate of drug-likeness (QED) is 0.787. The van der Waals surface area contributed by atoms with Gasteiger partial charge in [-0.3, -0.25) is 9.69 Å². The summed E-state index contributed by atoms with van der Waals surface area (Å²) in [4.78, 5) is 16.5. The zero-order valence-corrected chi connectivity index (χ0v) is 11.6. The molecule has 2 bridgehead atoms. The summed E-state index contributed by atoms with van der Waals surface area (Å²) in [6, 6.07) is 0.124. The second-order valence-corrected chi connectivity index (χ2v) is 6.15. The highest BCUT2D eigenvalue weighted by atomic mass is 16.5. The average molecular weight is 268 g/mol. The van der Waals surface area contributed by atoms with Gasteiger partial charge in [-0.1, -0.05) is 6.42 Å². The average Bonchev–Trinajstić information content (AvgIpc) is 2.35. The van der Waals surface area contributed by atoms with Gasteiger partial charge in [-0.05, 0) is 25.2 Å². The summed E-state index contributed by atoms with van der Waals surface area (Å²) >= 11 is 0. The molecular weight excluding hydrogens is 244 g/mol. The van der Waals surface area contributed by atoms with Gasteiger partial charge in [0.1, 0.15) is 6.10 Å². The van der Waals surface area contributed by atoms with Crippen molar-refractivity contribution < 1.29 is 14.6 Å². The van der Waals surface area contributed by atoms with Gasteiger partial charge in [-0.25, -0.2) is 0 Å². The highest BCUT2D eigenvalue weighted by molar-refractivity contribution is 5.81. The van der Waals surface area contributed by atoms with Gasteiger partial charge in [0, 0.05) is 26.7 Å². The Labute approximate surface area is 114 Å². The maximum Gasteiger partial charge on any atom is 0.251 e. The van der Waals surface area contributed by atoms with Gasteiger partial charge in [0.25, 0.3) is 5.91 Å². The number of aliphatic hydroxyl groups excluding tert-OH is 1. The van der Waals surface area contributed by atoms with E-state index in [1.54, 1.807) is 4.90 Å². The van der Waals surface area contributed by atoms with Crippen LogP contribution in [-0.4, -0.2) is 72.4 Å². The largest absolute Gasteiger partial charge is 0.383 e. The summed E-state index contributed by atoms with van der Waals surface area (Å²) < 4.78 is 5.80. The van der Waals surface area contributed by atoms with E-state index in [9.17, 15) is 9.90 Å². The van der Waals surface area contributed by atoms with Crippen molar-refractivity contribution in [3.05, 3.63) is 0 Å². The summed E-state index contributed by atoms with van der Waals surface area (Å²) in [5.74, 6) is 0.0691. The second-order valence-electron chi connectivity index (χ2n) is 6.15. The van der Waals surface area contributed by atoms with Crippen LogP contribution in [0.1, 0.15) is 25.7 Å². The first kappa shape index (κ1) is 13.3. The van der Waals surface area contributed by atoms with Crippen LogP contribution in [0.2, 0.25) is 0 Å². The number of hydrogen-bond donors (Lipinski definition) is 1. The molecule has 1 amide bonds. The molecule has 4 atom stereocenters. The molecule has 1 N–H and O–H groups in total. The van der Waals surface area contributed by atoms with Crippen molar-refractivity contribution in [3.63, 3.8) is 0 Å². The van der Waals surface area contributed by atoms with Crippen molar-refractivity contribution in [2.24, 2.45) is 5.92 Å². The highest BCUT2D eigenvalue weighted by Gasteiger charge is 2.40. The lowest BCUT2D eigenvalue weighted by molar-refractivity contribution is -0.155. The molecule has 3 rings (SSSR count). The van der Waals surface area contributed by atoms with Crippen molar-refractivity contribution in [3.8, 4) is 0 Å². The van der Waals surface area contributed by atoms with Crippen LogP contribution < -0.4 is 0 Å². The predicted octanol–water partition coefficient (Wildman–Crippen LogP) is 0.0789. The number of rotatable bonds is 3. The Morgan fingerprint density at radius 3 is 2.84 bits per heavy atom. The standard InChI is InChI=1S/C14H24N2O3/c1-15(14(18)13(17)10-3-2-4-10)11-5-6-16-7-8-19-12(11)9-16/h10-13,17H,2-9H2,1H3. The summed E-state index contributed by atoms with van der Waals surface area (Å²) in [5.41, 5.74) is 0. The summed E-state index contributed by atoms with van der Waals surface area (Å²) in [6.45, 7) is 3.71. The Morgan fingerprint density at radius 1 is 1.37 bits per heavy atom. The number of piperidine rings is 1. The third-order valence-electron chi connectivity index (χ3n) is 5.04. The van der Waals surface area contributed by atoms with Crippen LogP contribution in [-0.2, 0) is 9.53 Å². The minimum Gasteiger partial charge on any atom is -0.383 e. The van der Waals surface area contributed by atoms with E-state index in [0.29, 0.717) is 0 Å². The molecule has 19 heavy (non-hydrogen) atoms. The molecule has 2 heterocycles. The Hall–Kier alpha value is -0.650. The molecule has 3 aliphatic rings. The van der Waals surface area contributed by atoms with Crippen molar-refractivity contribution >= 4 is 5.91 Å². The minimum absolute atomic E-state index is 0.114. The van der Waals surface area contributed by atoms with Crippen LogP contribution in [0, 0.1) is 5.92 Å². The number of likely N-dealkylation sites (N-methyl/N-ethyl adjacent to an activating group) is 1. The maximum atomic E-state index is 12.3. The zero-order chi connectivity index (χ0) is 13.4. The van der Waals surface area contributed by atoms with Crippen LogP contribution >= 0.6 is 0 Å². The number of carbonyl (C=O) groups is 1. The number of fused-ring (bicyclic) bond motifs is 2. The monoisotopic (exact) mass is 268 g/mol. The Bertz CT molecular complexity index is 346. The number of morpholine rings is 1. The van der Waals surface area contributed by atoms with Crippen LogP contribution in [0.25, 0.3) is 0 Å². The van der Waals surface area contributed by atoms with E-state index in [0.717, 1.165) is 51.9 Å². The number of nitrogens with zero attached hydrogens (tertiary/aromatic N) is 2. The number of ether oxygens (including phenoxy) is 1. The molecule has 0 spiro atoms. The smallest absolute Gasteiger partial charge is 0.251 e. The molecule has 0 aromatic carbocycles. The summed E-state index contributed by atoms with van der Waals surface area (Å²) in [6.07, 6.45) is 3.37. The van der Waals surface area contributed by atoms with E-state index >= 15 is 0 Å². The third-order valence-corrected chi connectivity index (χ3v) is 5.04. The topological polar surface area (TPSA) is 53.0 Å². The molecule has 2 aliphatic heterocycles. The van der Waals surface area contributed by atoms with Crippen molar-refractivity contribution in [1.29, 1.82) is 0 Å². The number of amides is 1. The van der Waals surface area contributed by atoms with Gasteiger partial charge in [-0.2, -0.15) is 0 Å². The molecule has 108 valence electrons. The molecule has 5 nitrogen and oxygen atoms in total. The Morgan fingerprint density at radius 2 is 2.16 bits per heavy atom. The third kappa shape index (κ3) is 2.51. The lowest BCUT2D eigenvalue weighted by Gasteiger charge is -2.46. The fourth-order valence-corrected chi connectivity index (χ4v) is 3.44. The van der Waals surface area contributed by atoms with Crippen LogP contribution in [0.3, 0.4) is 0 Å². The normalized spacial score (nSPS) is 36.4. The first-order valence-electron chi connectivity index (χ1n) is 7.45. The van der Waals surface area contributed by atoms with Gasteiger partial charge in [0.2, 0.25) is 0 Å². The van der Waals surface area contributed by atoms with Gasteiger partial charge >= 0.3 is 0 Å². The molecule has 1 aliphatic carbocycles. The van der Waals surface area contributed by atoms with E-state index in [-0.39, 0.29) is 24.0 Å². The van der Waals surface area contributed by atoms with E-state index in [1.165, 1.54) is 0 Å². The maximum absolute atomic E-state index is 12.3. The fraction of sp³-hybridized carbons (Fsp3) is 0.929. The molecule has 1 saturated carbocycles. The molecule has 2 saturated heterocycles. The summed E-state index contributed by atoms with van der Waals surface area (Å²) in [7, 11) is 1.82. The minimum atomic E-state index is -0.805. The van der Waals surface area contributed by atoms with Gasteiger partial charge in [0.15, 0.2) is 0 Å². The predicted molar refractivity (Wildman–Crippen MR) is 70.7 cm³/mol. The van der Waals surface area contributed by atoms with Crippen molar-refractivity contribution in [2.45, 2.75) is 43.9 Å². The molecule has 0 aromatic heterocycles. The number of carbonyl (C=O) groups excluding carboxylic acids is 1. The number of hydrogen-bond acceptors (Lipinski definition) is 4. The molecule has 0 radical (unpaired) electrons. The highest BCUT2D eigenvalue weighted by Crippen LogP contribution is 2.31. The molecular formula is C14H24N2O3. The van der Waals surface area contributed by atoms with Gasteiger partial charge in [0.05, 0.1) is 18.8 Å². The van der Waals surface area contributed by atoms with Crippen LogP contribution in [0.15, 0.2) is 0 Å².